The Hall–Kier alpha value is -1.28. The van der Waals surface area contributed by atoms with Gasteiger partial charge >= 0.3 is 0 Å². The first-order chi connectivity index (χ1) is 7.25. The van der Waals surface area contributed by atoms with Gasteiger partial charge in [0.05, 0.1) is 5.25 Å². The summed E-state index contributed by atoms with van der Waals surface area (Å²) in [5, 5.41) is 2.45. The minimum Gasteiger partial charge on any atom is -0.293 e. The third kappa shape index (κ3) is 1.29. The Balaban J connectivity index is 2.32. The molecule has 1 nitrogen and oxygen atoms in total. The van der Waals surface area contributed by atoms with Gasteiger partial charge in [-0.05, 0) is 29.8 Å². The molecule has 3 rings (SSSR count). The smallest absolute Gasteiger partial charge is 0.177 e. The maximum Gasteiger partial charge on any atom is 0.177 e. The van der Waals surface area contributed by atoms with Crippen molar-refractivity contribution in [1.29, 1.82) is 0 Å². The predicted octanol–water partition coefficient (Wildman–Crippen LogP) is 3.52. The van der Waals surface area contributed by atoms with Crippen LogP contribution in [0.25, 0.3) is 10.8 Å². The molecule has 0 aliphatic carbocycles. The number of hydrogen-bond donors (Lipinski definition) is 0. The van der Waals surface area contributed by atoms with Crippen LogP contribution < -0.4 is 0 Å². The second-order valence-corrected chi connectivity index (χ2v) is 5.20. The van der Waals surface area contributed by atoms with E-state index < -0.39 is 0 Å². The predicted molar refractivity (Wildman–Crippen MR) is 63.6 cm³/mol. The van der Waals surface area contributed by atoms with Crippen LogP contribution >= 0.6 is 11.8 Å². The normalized spacial score (nSPS) is 19.5. The topological polar surface area (TPSA) is 17.1 Å². The van der Waals surface area contributed by atoms with Crippen LogP contribution in [0.1, 0.15) is 17.3 Å². The van der Waals surface area contributed by atoms with E-state index in [0.717, 1.165) is 15.8 Å². The molecule has 1 aliphatic heterocycles. The quantitative estimate of drug-likeness (QED) is 0.667. The third-order valence-corrected chi connectivity index (χ3v) is 3.95. The number of benzene rings is 2. The fourth-order valence-corrected chi connectivity index (χ4v) is 3.07. The maximum atomic E-state index is 11.8. The van der Waals surface area contributed by atoms with Crippen molar-refractivity contribution in [3.05, 3.63) is 42.0 Å². The van der Waals surface area contributed by atoms with Crippen LogP contribution in [-0.2, 0) is 0 Å². The van der Waals surface area contributed by atoms with Gasteiger partial charge in [-0.25, -0.2) is 0 Å². The van der Waals surface area contributed by atoms with Crippen LogP contribution in [0.5, 0.6) is 0 Å². The molecule has 1 heterocycles. The van der Waals surface area contributed by atoms with E-state index in [9.17, 15) is 4.79 Å². The third-order valence-electron chi connectivity index (χ3n) is 2.79. The summed E-state index contributed by atoms with van der Waals surface area (Å²) in [7, 11) is 0. The molecule has 0 radical (unpaired) electrons. The molecular weight excluding hydrogens is 204 g/mol. The monoisotopic (exact) mass is 214 g/mol. The second kappa shape index (κ2) is 3.11. The Bertz CT molecular complexity index is 559. The van der Waals surface area contributed by atoms with Gasteiger partial charge in [0.1, 0.15) is 0 Å². The van der Waals surface area contributed by atoms with Gasteiger partial charge in [0.15, 0.2) is 5.78 Å². The molecule has 0 bridgehead atoms. The van der Waals surface area contributed by atoms with Crippen molar-refractivity contribution >= 4 is 28.3 Å². The van der Waals surface area contributed by atoms with Crippen LogP contribution in [0.2, 0.25) is 0 Å². The SMILES string of the molecule is CC1Sc2cc3ccccc3cc2C1=O. The molecule has 2 aromatic rings. The van der Waals surface area contributed by atoms with Crippen molar-refractivity contribution in [3.63, 3.8) is 0 Å². The van der Waals surface area contributed by atoms with Gasteiger partial charge in [-0.15, -0.1) is 11.8 Å². The molecule has 2 aromatic carbocycles. The van der Waals surface area contributed by atoms with Gasteiger partial charge in [-0.1, -0.05) is 24.3 Å². The lowest BCUT2D eigenvalue weighted by Crippen LogP contribution is -2.05. The van der Waals surface area contributed by atoms with E-state index in [1.807, 2.05) is 25.1 Å². The zero-order valence-electron chi connectivity index (χ0n) is 8.36. The number of fused-ring (bicyclic) bond motifs is 2. The van der Waals surface area contributed by atoms with Crippen LogP contribution in [-0.4, -0.2) is 11.0 Å². The highest BCUT2D eigenvalue weighted by molar-refractivity contribution is 8.01. The van der Waals surface area contributed by atoms with Crippen molar-refractivity contribution in [3.8, 4) is 0 Å². The number of rotatable bonds is 0. The van der Waals surface area contributed by atoms with E-state index in [2.05, 4.69) is 18.2 Å². The molecule has 0 fully saturated rings. The summed E-state index contributed by atoms with van der Waals surface area (Å²) in [6, 6.07) is 12.3. The summed E-state index contributed by atoms with van der Waals surface area (Å²) in [6.45, 7) is 1.97. The Morgan fingerprint density at radius 3 is 2.53 bits per heavy atom. The largest absolute Gasteiger partial charge is 0.293 e. The standard InChI is InChI=1S/C13H10OS/c1-8-13(14)11-6-9-4-2-3-5-10(9)7-12(11)15-8/h2-8H,1H3. The molecule has 0 saturated heterocycles. The average Bonchev–Trinajstić information content (AvgIpc) is 2.52. The summed E-state index contributed by atoms with van der Waals surface area (Å²) < 4.78 is 0. The van der Waals surface area contributed by atoms with Crippen LogP contribution in [0.4, 0.5) is 0 Å². The Morgan fingerprint density at radius 1 is 1.13 bits per heavy atom. The Labute approximate surface area is 92.5 Å². The fraction of sp³-hybridized carbons (Fsp3) is 0.154. The van der Waals surface area contributed by atoms with E-state index in [4.69, 9.17) is 0 Å². The molecule has 0 spiro atoms. The van der Waals surface area contributed by atoms with E-state index in [1.165, 1.54) is 5.39 Å². The molecule has 15 heavy (non-hydrogen) atoms. The number of ketones is 1. The number of carbonyl (C=O) groups excluding carboxylic acids is 1. The van der Waals surface area contributed by atoms with Crippen LogP contribution in [0, 0.1) is 0 Å². The van der Waals surface area contributed by atoms with E-state index in [0.29, 0.717) is 0 Å². The highest BCUT2D eigenvalue weighted by Crippen LogP contribution is 2.38. The summed E-state index contributed by atoms with van der Waals surface area (Å²) >= 11 is 1.66. The lowest BCUT2D eigenvalue weighted by molar-refractivity contribution is 0.0996. The summed E-state index contributed by atoms with van der Waals surface area (Å²) in [6.07, 6.45) is 0. The first kappa shape index (κ1) is 8.98. The zero-order chi connectivity index (χ0) is 10.4. The molecule has 0 N–H and O–H groups in total. The Morgan fingerprint density at radius 2 is 1.80 bits per heavy atom. The molecule has 74 valence electrons. The van der Waals surface area contributed by atoms with Crippen molar-refractivity contribution in [2.75, 3.05) is 0 Å². The van der Waals surface area contributed by atoms with Gasteiger partial charge in [0.2, 0.25) is 0 Å². The van der Waals surface area contributed by atoms with Gasteiger partial charge in [-0.2, -0.15) is 0 Å². The maximum absolute atomic E-state index is 11.8. The molecule has 0 aromatic heterocycles. The van der Waals surface area contributed by atoms with Gasteiger partial charge in [-0.3, -0.25) is 4.79 Å². The molecule has 1 aliphatic rings. The zero-order valence-corrected chi connectivity index (χ0v) is 9.17. The molecule has 1 unspecified atom stereocenters. The van der Waals surface area contributed by atoms with Crippen molar-refractivity contribution in [2.45, 2.75) is 17.1 Å². The van der Waals surface area contributed by atoms with E-state index >= 15 is 0 Å². The van der Waals surface area contributed by atoms with E-state index in [1.54, 1.807) is 11.8 Å². The highest BCUT2D eigenvalue weighted by Gasteiger charge is 2.27. The lowest BCUT2D eigenvalue weighted by Gasteiger charge is -2.00. The van der Waals surface area contributed by atoms with Crippen molar-refractivity contribution in [1.82, 2.24) is 0 Å². The van der Waals surface area contributed by atoms with Gasteiger partial charge < -0.3 is 0 Å². The molecule has 0 amide bonds. The first-order valence-electron chi connectivity index (χ1n) is 4.99. The van der Waals surface area contributed by atoms with Crippen LogP contribution in [0.3, 0.4) is 0 Å². The highest BCUT2D eigenvalue weighted by atomic mass is 32.2. The van der Waals surface area contributed by atoms with Crippen molar-refractivity contribution < 1.29 is 4.79 Å². The number of hydrogen-bond acceptors (Lipinski definition) is 2. The summed E-state index contributed by atoms with van der Waals surface area (Å²) in [4.78, 5) is 13.0. The Kier molecular flexibility index (Phi) is 1.86. The first-order valence-corrected chi connectivity index (χ1v) is 5.87. The summed E-state index contributed by atoms with van der Waals surface area (Å²) in [5.74, 6) is 0.265. The molecule has 0 saturated carbocycles. The van der Waals surface area contributed by atoms with Crippen molar-refractivity contribution in [2.24, 2.45) is 0 Å². The van der Waals surface area contributed by atoms with Gasteiger partial charge in [0, 0.05) is 10.5 Å². The molecule has 2 heteroatoms. The number of carbonyl (C=O) groups is 1. The fourth-order valence-electron chi connectivity index (χ4n) is 1.97. The molecular formula is C13H10OS. The average molecular weight is 214 g/mol. The molecule has 1 atom stereocenters. The second-order valence-electron chi connectivity index (χ2n) is 3.82. The van der Waals surface area contributed by atoms with Gasteiger partial charge in [0.25, 0.3) is 0 Å². The number of Topliss-reactive ketones (excluding diaryl/α,β-unsaturated/α-hetero) is 1. The van der Waals surface area contributed by atoms with E-state index in [-0.39, 0.29) is 11.0 Å². The summed E-state index contributed by atoms with van der Waals surface area (Å²) in [5.41, 5.74) is 0.895. The number of thioether (sulfide) groups is 1. The lowest BCUT2D eigenvalue weighted by atomic mass is 10.0. The minimum atomic E-state index is 0.0804. The minimum absolute atomic E-state index is 0.0804. The van der Waals surface area contributed by atoms with Crippen LogP contribution in [0.15, 0.2) is 41.3 Å².